The Hall–Kier alpha value is -2.23. The molecular formula is C15H16O4. The molecule has 4 nitrogen and oxygen atoms in total. The molecule has 19 heavy (non-hydrogen) atoms. The summed E-state index contributed by atoms with van der Waals surface area (Å²) in [6.07, 6.45) is 1.41. The lowest BCUT2D eigenvalue weighted by molar-refractivity contribution is -0.137. The number of aryl methyl sites for hydroxylation is 2. The molecule has 0 spiro atoms. The summed E-state index contributed by atoms with van der Waals surface area (Å²) in [5.41, 5.74) is 1.24. The molecule has 1 aromatic carbocycles. The van der Waals surface area contributed by atoms with Gasteiger partial charge in [-0.1, -0.05) is 19.1 Å². The zero-order valence-corrected chi connectivity index (χ0v) is 10.8. The largest absolute Gasteiger partial charge is 0.481 e. The topological polar surface area (TPSA) is 59.7 Å². The van der Waals surface area contributed by atoms with Crippen LogP contribution in [0.5, 0.6) is 11.7 Å². The van der Waals surface area contributed by atoms with E-state index >= 15 is 0 Å². The van der Waals surface area contributed by atoms with Gasteiger partial charge in [-0.15, -0.1) is 0 Å². The van der Waals surface area contributed by atoms with Crippen molar-refractivity contribution in [1.29, 1.82) is 0 Å². The molecule has 0 aliphatic heterocycles. The van der Waals surface area contributed by atoms with Gasteiger partial charge in [0, 0.05) is 12.5 Å². The summed E-state index contributed by atoms with van der Waals surface area (Å²) in [6.45, 7) is 2.09. The maximum absolute atomic E-state index is 10.5. The highest BCUT2D eigenvalue weighted by atomic mass is 16.6. The predicted octanol–water partition coefficient (Wildman–Crippen LogP) is 3.65. The van der Waals surface area contributed by atoms with Crippen molar-refractivity contribution in [3.63, 3.8) is 0 Å². The molecule has 2 aromatic rings. The van der Waals surface area contributed by atoms with Crippen molar-refractivity contribution in [1.82, 2.24) is 0 Å². The van der Waals surface area contributed by atoms with Crippen LogP contribution in [0.25, 0.3) is 0 Å². The van der Waals surface area contributed by atoms with Gasteiger partial charge in [0.25, 0.3) is 5.95 Å². The first-order valence-corrected chi connectivity index (χ1v) is 6.24. The summed E-state index contributed by atoms with van der Waals surface area (Å²) in [6, 6.07) is 11.2. The number of carboxylic acids is 1. The molecule has 1 aromatic heterocycles. The molecule has 4 heteroatoms. The fourth-order valence-electron chi connectivity index (χ4n) is 1.69. The van der Waals surface area contributed by atoms with Crippen molar-refractivity contribution in [2.45, 2.75) is 26.2 Å². The Morgan fingerprint density at radius 2 is 1.95 bits per heavy atom. The van der Waals surface area contributed by atoms with E-state index in [9.17, 15) is 4.79 Å². The monoisotopic (exact) mass is 260 g/mol. The van der Waals surface area contributed by atoms with Crippen LogP contribution in [0.15, 0.2) is 40.8 Å². The third-order valence-corrected chi connectivity index (χ3v) is 2.77. The number of hydrogen-bond donors (Lipinski definition) is 1. The van der Waals surface area contributed by atoms with Gasteiger partial charge in [-0.05, 0) is 30.2 Å². The van der Waals surface area contributed by atoms with Gasteiger partial charge in [0.05, 0.1) is 6.42 Å². The number of carbonyl (C=O) groups is 1. The van der Waals surface area contributed by atoms with E-state index in [1.807, 2.05) is 24.3 Å². The van der Waals surface area contributed by atoms with Gasteiger partial charge >= 0.3 is 5.97 Å². The number of rotatable bonds is 6. The molecular weight excluding hydrogens is 244 g/mol. The smallest absolute Gasteiger partial charge is 0.303 e. The maximum atomic E-state index is 10.5. The lowest BCUT2D eigenvalue weighted by Crippen LogP contribution is -1.96. The van der Waals surface area contributed by atoms with Gasteiger partial charge in [0.2, 0.25) is 0 Å². The molecule has 0 radical (unpaired) electrons. The van der Waals surface area contributed by atoms with E-state index in [0.29, 0.717) is 23.9 Å². The fourth-order valence-corrected chi connectivity index (χ4v) is 1.69. The predicted molar refractivity (Wildman–Crippen MR) is 70.6 cm³/mol. The molecule has 1 heterocycles. The second-order valence-electron chi connectivity index (χ2n) is 4.21. The van der Waals surface area contributed by atoms with Crippen LogP contribution in [-0.4, -0.2) is 11.1 Å². The minimum absolute atomic E-state index is 0.0537. The van der Waals surface area contributed by atoms with Crippen LogP contribution in [0.2, 0.25) is 0 Å². The van der Waals surface area contributed by atoms with Gasteiger partial charge in [0.15, 0.2) is 0 Å². The van der Waals surface area contributed by atoms with Crippen LogP contribution >= 0.6 is 0 Å². The lowest BCUT2D eigenvalue weighted by Gasteiger charge is -2.03. The van der Waals surface area contributed by atoms with Crippen molar-refractivity contribution >= 4 is 5.97 Å². The SMILES string of the molecule is CCc1ccc(Oc2ccc(CCC(=O)O)o2)cc1. The van der Waals surface area contributed by atoms with Crippen LogP contribution in [0, 0.1) is 0 Å². The van der Waals surface area contributed by atoms with Gasteiger partial charge in [-0.25, -0.2) is 0 Å². The highest BCUT2D eigenvalue weighted by Gasteiger charge is 2.06. The number of hydrogen-bond acceptors (Lipinski definition) is 3. The Morgan fingerprint density at radius 1 is 1.21 bits per heavy atom. The van der Waals surface area contributed by atoms with E-state index in [1.54, 1.807) is 12.1 Å². The van der Waals surface area contributed by atoms with Crippen LogP contribution < -0.4 is 4.74 Å². The molecule has 0 unspecified atom stereocenters. The Labute approximate surface area is 111 Å². The number of benzene rings is 1. The van der Waals surface area contributed by atoms with Crippen molar-refractivity contribution in [2.24, 2.45) is 0 Å². The number of carboxylic acid groups (broad SMARTS) is 1. The summed E-state index contributed by atoms with van der Waals surface area (Å²) in [5, 5.41) is 8.59. The zero-order valence-electron chi connectivity index (χ0n) is 10.8. The van der Waals surface area contributed by atoms with Crippen LogP contribution in [0.1, 0.15) is 24.7 Å². The second-order valence-corrected chi connectivity index (χ2v) is 4.21. The van der Waals surface area contributed by atoms with E-state index in [4.69, 9.17) is 14.3 Å². The molecule has 0 bridgehead atoms. The normalized spacial score (nSPS) is 10.4. The van der Waals surface area contributed by atoms with Gasteiger partial charge in [0.1, 0.15) is 11.5 Å². The summed E-state index contributed by atoms with van der Waals surface area (Å²) < 4.78 is 11.0. The minimum Gasteiger partial charge on any atom is -0.481 e. The van der Waals surface area contributed by atoms with Gasteiger partial charge in [-0.3, -0.25) is 4.79 Å². The Morgan fingerprint density at radius 3 is 2.58 bits per heavy atom. The molecule has 0 aliphatic carbocycles. The summed E-state index contributed by atoms with van der Waals surface area (Å²) >= 11 is 0. The summed E-state index contributed by atoms with van der Waals surface area (Å²) in [4.78, 5) is 10.5. The first-order valence-electron chi connectivity index (χ1n) is 6.24. The third-order valence-electron chi connectivity index (χ3n) is 2.77. The highest BCUT2D eigenvalue weighted by molar-refractivity contribution is 5.66. The fraction of sp³-hybridized carbons (Fsp3) is 0.267. The quantitative estimate of drug-likeness (QED) is 0.861. The molecule has 0 amide bonds. The van der Waals surface area contributed by atoms with Gasteiger partial charge < -0.3 is 14.3 Å². The van der Waals surface area contributed by atoms with E-state index in [2.05, 4.69) is 6.92 Å². The maximum Gasteiger partial charge on any atom is 0.303 e. The van der Waals surface area contributed by atoms with Crippen LogP contribution in [0.3, 0.4) is 0 Å². The van der Waals surface area contributed by atoms with Crippen molar-refractivity contribution in [3.8, 4) is 11.7 Å². The van der Waals surface area contributed by atoms with E-state index < -0.39 is 5.97 Å². The highest BCUT2D eigenvalue weighted by Crippen LogP contribution is 2.24. The van der Waals surface area contributed by atoms with E-state index in [-0.39, 0.29) is 6.42 Å². The molecule has 2 rings (SSSR count). The first-order chi connectivity index (χ1) is 9.17. The Kier molecular flexibility index (Phi) is 4.23. The average molecular weight is 260 g/mol. The summed E-state index contributed by atoms with van der Waals surface area (Å²) in [5.74, 6) is 0.859. The number of ether oxygens (including phenoxy) is 1. The second kappa shape index (κ2) is 6.09. The van der Waals surface area contributed by atoms with Crippen LogP contribution in [0.4, 0.5) is 0 Å². The Bertz CT molecular complexity index is 540. The van der Waals surface area contributed by atoms with Crippen molar-refractivity contribution in [2.75, 3.05) is 0 Å². The average Bonchev–Trinajstić information content (AvgIpc) is 2.85. The molecule has 0 saturated heterocycles. The van der Waals surface area contributed by atoms with E-state index in [1.165, 1.54) is 5.56 Å². The summed E-state index contributed by atoms with van der Waals surface area (Å²) in [7, 11) is 0. The lowest BCUT2D eigenvalue weighted by atomic mass is 10.2. The molecule has 1 N–H and O–H groups in total. The zero-order chi connectivity index (χ0) is 13.7. The van der Waals surface area contributed by atoms with Crippen molar-refractivity contribution < 1.29 is 19.1 Å². The Balaban J connectivity index is 1.96. The van der Waals surface area contributed by atoms with Crippen LogP contribution in [-0.2, 0) is 17.6 Å². The minimum atomic E-state index is -0.839. The molecule has 100 valence electrons. The number of aliphatic carboxylic acids is 1. The standard InChI is InChI=1S/C15H16O4/c1-2-11-3-5-12(6-4-11)18-15-10-8-13(19-15)7-9-14(16)17/h3-6,8,10H,2,7,9H2,1H3,(H,16,17). The third kappa shape index (κ3) is 3.88. The van der Waals surface area contributed by atoms with Crippen molar-refractivity contribution in [3.05, 3.63) is 47.7 Å². The van der Waals surface area contributed by atoms with E-state index in [0.717, 1.165) is 6.42 Å². The van der Waals surface area contributed by atoms with Gasteiger partial charge in [-0.2, -0.15) is 0 Å². The number of furan rings is 1. The molecule has 0 fully saturated rings. The molecule has 0 aliphatic rings. The molecule has 0 saturated carbocycles. The molecule has 0 atom stereocenters. The first kappa shape index (κ1) is 13.2.